The molecule has 3 aliphatic rings. The summed E-state index contributed by atoms with van der Waals surface area (Å²) < 4.78 is 40.5. The number of likely N-dealkylation sites (tertiary alicyclic amines) is 1. The van der Waals surface area contributed by atoms with Crippen molar-refractivity contribution < 1.29 is 27.8 Å². The number of fused-ring (bicyclic) bond motifs is 1. The average molecular weight is 467 g/mol. The van der Waals surface area contributed by atoms with Crippen LogP contribution in [0.15, 0.2) is 29.2 Å². The van der Waals surface area contributed by atoms with E-state index in [9.17, 15) is 18.3 Å². The van der Waals surface area contributed by atoms with Crippen LogP contribution >= 0.6 is 0 Å². The second kappa shape index (κ2) is 10.2. The molecular weight excluding hydrogens is 432 g/mol. The molecule has 1 aromatic carbocycles. The Hall–Kier alpha value is -1.52. The van der Waals surface area contributed by atoms with Crippen LogP contribution in [0.25, 0.3) is 0 Å². The molecule has 9 heteroatoms. The van der Waals surface area contributed by atoms with Crippen molar-refractivity contribution in [2.24, 2.45) is 0 Å². The van der Waals surface area contributed by atoms with E-state index in [4.69, 9.17) is 9.47 Å². The number of hydrogen-bond acceptors (Lipinski definition) is 6. The first kappa shape index (κ1) is 23.6. The number of aliphatic hydroxyl groups excluding tert-OH is 1. The lowest BCUT2D eigenvalue weighted by Crippen LogP contribution is -2.57. The fraction of sp³-hybridized carbons (Fsp3) is 0.696. The molecule has 3 heterocycles. The zero-order valence-corrected chi connectivity index (χ0v) is 19.5. The molecular formula is C23H34N2O6S. The molecule has 3 saturated heterocycles. The first-order valence-corrected chi connectivity index (χ1v) is 13.1. The van der Waals surface area contributed by atoms with E-state index in [0.717, 1.165) is 25.9 Å². The fourth-order valence-corrected chi connectivity index (χ4v) is 6.95. The van der Waals surface area contributed by atoms with Crippen LogP contribution in [0.4, 0.5) is 0 Å². The van der Waals surface area contributed by atoms with Gasteiger partial charge in [-0.05, 0) is 50.7 Å². The molecule has 0 aliphatic carbocycles. The highest BCUT2D eigenvalue weighted by Gasteiger charge is 2.43. The maximum Gasteiger partial charge on any atom is 0.243 e. The standard InChI is InChI=1S/C23H34N2O6S/c1-17-7-3-4-8-22(17)32(28,29)25-14-18(26)15-30-16-21-20(25)10-9-19(31-21)13-23(27)24-11-5-2-6-12-24/h3-4,7-8,18-21,26H,2,5-6,9-16H2,1H3/t18-,19-,20+,21-/m1/s1. The van der Waals surface area contributed by atoms with Gasteiger partial charge in [0.05, 0.1) is 48.9 Å². The maximum atomic E-state index is 13.6. The number of aryl methyl sites for hydroxylation is 1. The van der Waals surface area contributed by atoms with Gasteiger partial charge >= 0.3 is 0 Å². The topological polar surface area (TPSA) is 96.4 Å². The molecule has 32 heavy (non-hydrogen) atoms. The Labute approximate surface area is 190 Å². The Morgan fingerprint density at radius 1 is 1.12 bits per heavy atom. The van der Waals surface area contributed by atoms with E-state index >= 15 is 0 Å². The first-order valence-electron chi connectivity index (χ1n) is 11.6. The van der Waals surface area contributed by atoms with Gasteiger partial charge in [-0.2, -0.15) is 4.31 Å². The highest BCUT2D eigenvalue weighted by Crippen LogP contribution is 2.32. The second-order valence-electron chi connectivity index (χ2n) is 9.12. The van der Waals surface area contributed by atoms with Gasteiger partial charge in [0.25, 0.3) is 0 Å². The van der Waals surface area contributed by atoms with Crippen LogP contribution < -0.4 is 0 Å². The SMILES string of the molecule is Cc1ccccc1S(=O)(=O)N1C[C@@H](O)COC[C@H]2O[C@@H](CC(=O)N3CCCCC3)CC[C@@H]21. The fourth-order valence-electron chi connectivity index (χ4n) is 5.01. The van der Waals surface area contributed by atoms with E-state index in [2.05, 4.69) is 0 Å². The minimum Gasteiger partial charge on any atom is -0.389 e. The molecule has 0 bridgehead atoms. The number of carbonyl (C=O) groups is 1. The number of carbonyl (C=O) groups excluding carboxylic acids is 1. The smallest absolute Gasteiger partial charge is 0.243 e. The number of benzene rings is 1. The van der Waals surface area contributed by atoms with E-state index in [-0.39, 0.29) is 36.7 Å². The zero-order chi connectivity index (χ0) is 22.7. The van der Waals surface area contributed by atoms with Gasteiger partial charge in [-0.25, -0.2) is 8.42 Å². The van der Waals surface area contributed by atoms with Crippen molar-refractivity contribution in [3.05, 3.63) is 29.8 Å². The molecule has 8 nitrogen and oxygen atoms in total. The monoisotopic (exact) mass is 466 g/mol. The largest absolute Gasteiger partial charge is 0.389 e. The van der Waals surface area contributed by atoms with E-state index < -0.39 is 28.3 Å². The van der Waals surface area contributed by atoms with Crippen LogP contribution in [-0.2, 0) is 24.3 Å². The van der Waals surface area contributed by atoms with Crippen LogP contribution in [0, 0.1) is 6.92 Å². The summed E-state index contributed by atoms with van der Waals surface area (Å²) in [5, 5.41) is 10.3. The first-order chi connectivity index (χ1) is 15.4. The molecule has 3 aliphatic heterocycles. The Kier molecular flexibility index (Phi) is 7.51. The van der Waals surface area contributed by atoms with E-state index in [1.807, 2.05) is 4.90 Å². The predicted octanol–water partition coefficient (Wildman–Crippen LogP) is 1.70. The lowest BCUT2D eigenvalue weighted by Gasteiger charge is -2.44. The molecule has 1 N–H and O–H groups in total. The summed E-state index contributed by atoms with van der Waals surface area (Å²) in [6.07, 6.45) is 3.09. The number of nitrogens with zero attached hydrogens (tertiary/aromatic N) is 2. The molecule has 4 rings (SSSR count). The van der Waals surface area contributed by atoms with Crippen LogP contribution in [0.1, 0.15) is 44.1 Å². The number of amides is 1. The molecule has 1 amide bonds. The third kappa shape index (κ3) is 5.17. The summed E-state index contributed by atoms with van der Waals surface area (Å²) in [6, 6.07) is 6.44. The zero-order valence-electron chi connectivity index (χ0n) is 18.7. The lowest BCUT2D eigenvalue weighted by atomic mass is 9.96. The Morgan fingerprint density at radius 2 is 1.88 bits per heavy atom. The Bertz CT molecular complexity index is 902. The van der Waals surface area contributed by atoms with Gasteiger partial charge in [0.15, 0.2) is 0 Å². The summed E-state index contributed by atoms with van der Waals surface area (Å²) in [4.78, 5) is 14.9. The molecule has 178 valence electrons. The highest BCUT2D eigenvalue weighted by atomic mass is 32.2. The van der Waals surface area contributed by atoms with E-state index in [1.165, 1.54) is 10.7 Å². The number of piperidine rings is 1. The summed E-state index contributed by atoms with van der Waals surface area (Å²) in [6.45, 7) is 3.58. The van der Waals surface area contributed by atoms with E-state index in [1.54, 1.807) is 31.2 Å². The van der Waals surface area contributed by atoms with Crippen LogP contribution in [0.2, 0.25) is 0 Å². The predicted molar refractivity (Wildman–Crippen MR) is 119 cm³/mol. The minimum absolute atomic E-state index is 0.0431. The summed E-state index contributed by atoms with van der Waals surface area (Å²) >= 11 is 0. The third-order valence-corrected chi connectivity index (χ3v) is 8.78. The third-order valence-electron chi connectivity index (χ3n) is 6.73. The number of ether oxygens (including phenoxy) is 2. The quantitative estimate of drug-likeness (QED) is 0.726. The van der Waals surface area contributed by atoms with Crippen LogP contribution in [-0.4, -0.2) is 85.8 Å². The van der Waals surface area contributed by atoms with Crippen molar-refractivity contribution in [2.45, 2.75) is 74.7 Å². The number of sulfonamides is 1. The Balaban J connectivity index is 1.51. The molecule has 4 atom stereocenters. The van der Waals surface area contributed by atoms with Crippen LogP contribution in [0.5, 0.6) is 0 Å². The highest BCUT2D eigenvalue weighted by molar-refractivity contribution is 7.89. The number of hydrogen-bond donors (Lipinski definition) is 1. The summed E-state index contributed by atoms with van der Waals surface area (Å²) in [7, 11) is -3.83. The van der Waals surface area contributed by atoms with Gasteiger partial charge in [0.2, 0.25) is 15.9 Å². The van der Waals surface area contributed by atoms with Crippen LogP contribution in [0.3, 0.4) is 0 Å². The van der Waals surface area contributed by atoms with Gasteiger partial charge in [-0.15, -0.1) is 0 Å². The molecule has 0 unspecified atom stereocenters. The van der Waals surface area contributed by atoms with Crippen molar-refractivity contribution in [1.82, 2.24) is 9.21 Å². The van der Waals surface area contributed by atoms with Gasteiger partial charge in [-0.3, -0.25) is 4.79 Å². The second-order valence-corrected chi connectivity index (χ2v) is 11.0. The van der Waals surface area contributed by atoms with Gasteiger partial charge in [0.1, 0.15) is 0 Å². The van der Waals surface area contributed by atoms with E-state index in [0.29, 0.717) is 24.8 Å². The number of rotatable bonds is 4. The summed E-state index contributed by atoms with van der Waals surface area (Å²) in [5.74, 6) is 0.111. The van der Waals surface area contributed by atoms with Gasteiger partial charge in [-0.1, -0.05) is 18.2 Å². The van der Waals surface area contributed by atoms with Crippen molar-refractivity contribution >= 4 is 15.9 Å². The molecule has 0 saturated carbocycles. The average Bonchev–Trinajstić information content (AvgIpc) is 2.77. The molecule has 1 aromatic rings. The number of β-amino-alcohol motifs (C(OH)–C–C–N with tert-alkyl or cyclic N) is 1. The molecule has 0 aromatic heterocycles. The van der Waals surface area contributed by atoms with Crippen molar-refractivity contribution in [3.8, 4) is 0 Å². The molecule has 0 radical (unpaired) electrons. The maximum absolute atomic E-state index is 13.6. The Morgan fingerprint density at radius 3 is 2.62 bits per heavy atom. The minimum atomic E-state index is -3.83. The van der Waals surface area contributed by atoms with Crippen molar-refractivity contribution in [2.75, 3.05) is 32.8 Å². The molecule has 0 spiro atoms. The summed E-state index contributed by atoms with van der Waals surface area (Å²) in [5.41, 5.74) is 0.665. The van der Waals surface area contributed by atoms with Gasteiger partial charge < -0.3 is 19.5 Å². The molecule has 3 fully saturated rings. The normalized spacial score (nSPS) is 30.2. The number of aliphatic hydroxyl groups is 1. The van der Waals surface area contributed by atoms with Gasteiger partial charge in [0, 0.05) is 19.6 Å². The van der Waals surface area contributed by atoms with Crippen molar-refractivity contribution in [1.29, 1.82) is 0 Å². The lowest BCUT2D eigenvalue weighted by molar-refractivity contribution is -0.152. The van der Waals surface area contributed by atoms with Crippen molar-refractivity contribution in [3.63, 3.8) is 0 Å².